The van der Waals surface area contributed by atoms with E-state index in [0.29, 0.717) is 29.3 Å². The lowest BCUT2D eigenvalue weighted by molar-refractivity contribution is 0.0693. The Hall–Kier alpha value is -2.21. The summed E-state index contributed by atoms with van der Waals surface area (Å²) < 4.78 is 0. The number of carbonyl (C=O) groups is 3. The van der Waals surface area contributed by atoms with Gasteiger partial charge in [0.1, 0.15) is 0 Å². The molecule has 1 aromatic rings. The highest BCUT2D eigenvalue weighted by Gasteiger charge is 2.33. The minimum Gasteiger partial charge on any atom is -0.350 e. The molecule has 1 atom stereocenters. The van der Waals surface area contributed by atoms with Gasteiger partial charge in [0.25, 0.3) is 17.7 Å². The maximum absolute atomic E-state index is 12.4. The molecule has 0 aromatic heterocycles. The van der Waals surface area contributed by atoms with E-state index in [1.807, 2.05) is 0 Å². The summed E-state index contributed by atoms with van der Waals surface area (Å²) in [5.74, 6) is -0.869. The van der Waals surface area contributed by atoms with Crippen molar-refractivity contribution in [1.29, 1.82) is 0 Å². The lowest BCUT2D eigenvalue weighted by Gasteiger charge is -2.34. The summed E-state index contributed by atoms with van der Waals surface area (Å²) in [7, 11) is 1.45. The Balaban J connectivity index is 1.68. The molecular weight excluding hydrogens is 306 g/mol. The quantitative estimate of drug-likeness (QED) is 0.850. The Labute approximate surface area is 141 Å². The largest absolute Gasteiger partial charge is 0.350 e. The van der Waals surface area contributed by atoms with Crippen molar-refractivity contribution in [2.45, 2.75) is 32.2 Å². The first-order valence-corrected chi connectivity index (χ1v) is 8.51. The third kappa shape index (κ3) is 2.94. The van der Waals surface area contributed by atoms with Crippen LogP contribution >= 0.6 is 0 Å². The Morgan fingerprint density at radius 1 is 1.21 bits per heavy atom. The summed E-state index contributed by atoms with van der Waals surface area (Å²) in [6.45, 7) is 4.82. The van der Waals surface area contributed by atoms with Crippen LogP contribution in [0.25, 0.3) is 0 Å². The number of piperidine rings is 1. The van der Waals surface area contributed by atoms with Crippen LogP contribution < -0.4 is 5.32 Å². The number of likely N-dealkylation sites (tertiary alicyclic amines) is 1. The van der Waals surface area contributed by atoms with E-state index in [1.165, 1.54) is 26.0 Å². The fourth-order valence-corrected chi connectivity index (χ4v) is 3.52. The molecule has 6 heteroatoms. The molecule has 2 aliphatic heterocycles. The Kier molecular flexibility index (Phi) is 4.66. The van der Waals surface area contributed by atoms with Gasteiger partial charge >= 0.3 is 0 Å². The van der Waals surface area contributed by atoms with Crippen LogP contribution in [-0.2, 0) is 0 Å². The Morgan fingerprint density at radius 3 is 2.71 bits per heavy atom. The van der Waals surface area contributed by atoms with Crippen LogP contribution in [0.4, 0.5) is 0 Å². The van der Waals surface area contributed by atoms with Crippen molar-refractivity contribution in [2.24, 2.45) is 0 Å². The molecule has 1 fully saturated rings. The molecule has 1 aromatic carbocycles. The number of fused-ring (bicyclic) bond motifs is 1. The SMILES string of the molecule is CCN1CCCCC1CNC(=O)c1ccc2c(c1)C(=O)N(C)C2=O. The second-order valence-corrected chi connectivity index (χ2v) is 6.42. The molecule has 3 amide bonds. The van der Waals surface area contributed by atoms with Gasteiger partial charge in [-0.05, 0) is 44.1 Å². The van der Waals surface area contributed by atoms with Gasteiger partial charge in [-0.2, -0.15) is 0 Å². The van der Waals surface area contributed by atoms with Crippen LogP contribution in [0.5, 0.6) is 0 Å². The van der Waals surface area contributed by atoms with Gasteiger partial charge in [0.2, 0.25) is 0 Å². The molecule has 0 spiro atoms. The summed E-state index contributed by atoms with van der Waals surface area (Å²) in [6.07, 6.45) is 3.50. The van der Waals surface area contributed by atoms with Crippen molar-refractivity contribution in [1.82, 2.24) is 15.1 Å². The number of imide groups is 1. The highest BCUT2D eigenvalue weighted by Crippen LogP contribution is 2.23. The van der Waals surface area contributed by atoms with Gasteiger partial charge in [0.15, 0.2) is 0 Å². The normalized spacial score (nSPS) is 21.1. The topological polar surface area (TPSA) is 69.7 Å². The highest BCUT2D eigenvalue weighted by molar-refractivity contribution is 6.21. The van der Waals surface area contributed by atoms with Gasteiger partial charge in [-0.1, -0.05) is 13.3 Å². The standard InChI is InChI=1S/C18H23N3O3/c1-3-21-9-5-4-6-13(21)11-19-16(22)12-7-8-14-15(10-12)18(24)20(2)17(14)23/h7-8,10,13H,3-6,9,11H2,1-2H3,(H,19,22). The maximum atomic E-state index is 12.4. The predicted molar refractivity (Wildman–Crippen MR) is 90.1 cm³/mol. The zero-order chi connectivity index (χ0) is 17.3. The molecule has 0 saturated carbocycles. The molecule has 2 aliphatic rings. The molecule has 0 bridgehead atoms. The van der Waals surface area contributed by atoms with Crippen molar-refractivity contribution in [3.05, 3.63) is 34.9 Å². The lowest BCUT2D eigenvalue weighted by atomic mass is 10.0. The number of hydrogen-bond acceptors (Lipinski definition) is 4. The summed E-state index contributed by atoms with van der Waals surface area (Å²) in [5.41, 5.74) is 1.09. The molecule has 3 rings (SSSR count). The first kappa shape index (κ1) is 16.6. The van der Waals surface area contributed by atoms with Crippen molar-refractivity contribution in [2.75, 3.05) is 26.7 Å². The summed E-state index contributed by atoms with van der Waals surface area (Å²) in [5, 5.41) is 2.97. The molecule has 1 unspecified atom stereocenters. The molecule has 0 aliphatic carbocycles. The number of nitrogens with zero attached hydrogens (tertiary/aromatic N) is 2. The van der Waals surface area contributed by atoms with Crippen LogP contribution in [0.1, 0.15) is 57.3 Å². The fraction of sp³-hybridized carbons (Fsp3) is 0.500. The van der Waals surface area contributed by atoms with Crippen molar-refractivity contribution in [3.63, 3.8) is 0 Å². The molecule has 24 heavy (non-hydrogen) atoms. The Morgan fingerprint density at radius 2 is 1.96 bits per heavy atom. The van der Waals surface area contributed by atoms with Crippen LogP contribution in [0.2, 0.25) is 0 Å². The molecular formula is C18H23N3O3. The van der Waals surface area contributed by atoms with Crippen molar-refractivity contribution >= 4 is 17.7 Å². The third-order valence-electron chi connectivity index (χ3n) is 5.01. The second-order valence-electron chi connectivity index (χ2n) is 6.42. The van der Waals surface area contributed by atoms with Crippen LogP contribution in [0.3, 0.4) is 0 Å². The summed E-state index contributed by atoms with van der Waals surface area (Å²) in [6, 6.07) is 5.06. The second kappa shape index (κ2) is 6.73. The van der Waals surface area contributed by atoms with E-state index in [1.54, 1.807) is 12.1 Å². The van der Waals surface area contributed by atoms with E-state index in [2.05, 4.69) is 17.1 Å². The van der Waals surface area contributed by atoms with Gasteiger partial charge < -0.3 is 5.32 Å². The van der Waals surface area contributed by atoms with Crippen LogP contribution in [0, 0.1) is 0 Å². The van der Waals surface area contributed by atoms with Crippen molar-refractivity contribution in [3.8, 4) is 0 Å². The molecule has 6 nitrogen and oxygen atoms in total. The molecule has 1 saturated heterocycles. The molecule has 0 radical (unpaired) electrons. The number of nitrogens with one attached hydrogen (secondary N) is 1. The number of carbonyl (C=O) groups excluding carboxylic acids is 3. The van der Waals surface area contributed by atoms with E-state index >= 15 is 0 Å². The number of likely N-dealkylation sites (N-methyl/N-ethyl adjacent to an activating group) is 1. The minimum absolute atomic E-state index is 0.200. The number of amides is 3. The first-order chi connectivity index (χ1) is 11.5. The number of rotatable bonds is 4. The first-order valence-electron chi connectivity index (χ1n) is 8.51. The van der Waals surface area contributed by atoms with Crippen LogP contribution in [0.15, 0.2) is 18.2 Å². The van der Waals surface area contributed by atoms with E-state index in [-0.39, 0.29) is 17.7 Å². The van der Waals surface area contributed by atoms with Gasteiger partial charge in [-0.3, -0.25) is 24.2 Å². The van der Waals surface area contributed by atoms with E-state index in [4.69, 9.17) is 0 Å². The van der Waals surface area contributed by atoms with Gasteiger partial charge in [-0.25, -0.2) is 0 Å². The molecule has 1 N–H and O–H groups in total. The zero-order valence-electron chi connectivity index (χ0n) is 14.2. The summed E-state index contributed by atoms with van der Waals surface area (Å²) in [4.78, 5) is 39.8. The monoisotopic (exact) mass is 329 g/mol. The number of benzene rings is 1. The molecule has 128 valence electrons. The van der Waals surface area contributed by atoms with Crippen LogP contribution in [-0.4, -0.2) is 60.2 Å². The summed E-state index contributed by atoms with van der Waals surface area (Å²) >= 11 is 0. The average Bonchev–Trinajstić information content (AvgIpc) is 2.84. The minimum atomic E-state index is -0.353. The zero-order valence-corrected chi connectivity index (χ0v) is 14.2. The van der Waals surface area contributed by atoms with E-state index in [0.717, 1.165) is 24.4 Å². The number of hydrogen-bond donors (Lipinski definition) is 1. The lowest BCUT2D eigenvalue weighted by Crippen LogP contribution is -2.46. The maximum Gasteiger partial charge on any atom is 0.261 e. The van der Waals surface area contributed by atoms with Gasteiger partial charge in [-0.15, -0.1) is 0 Å². The highest BCUT2D eigenvalue weighted by atomic mass is 16.2. The smallest absolute Gasteiger partial charge is 0.261 e. The Bertz CT molecular complexity index is 686. The van der Waals surface area contributed by atoms with E-state index < -0.39 is 0 Å². The van der Waals surface area contributed by atoms with Gasteiger partial charge in [0, 0.05) is 25.2 Å². The van der Waals surface area contributed by atoms with E-state index in [9.17, 15) is 14.4 Å². The van der Waals surface area contributed by atoms with Crippen molar-refractivity contribution < 1.29 is 14.4 Å². The molecule has 2 heterocycles. The predicted octanol–water partition coefficient (Wildman–Crippen LogP) is 1.52. The average molecular weight is 329 g/mol. The third-order valence-corrected chi connectivity index (χ3v) is 5.01. The fourth-order valence-electron chi connectivity index (χ4n) is 3.52. The van der Waals surface area contributed by atoms with Gasteiger partial charge in [0.05, 0.1) is 11.1 Å².